The van der Waals surface area contributed by atoms with Gasteiger partial charge in [0.25, 0.3) is 5.91 Å². The Kier molecular flexibility index (Phi) is 4.05. The van der Waals surface area contributed by atoms with E-state index in [1.165, 1.54) is 11.1 Å². The Bertz CT molecular complexity index is 945. The van der Waals surface area contributed by atoms with Crippen molar-refractivity contribution in [2.75, 3.05) is 6.54 Å². The van der Waals surface area contributed by atoms with E-state index >= 15 is 0 Å². The van der Waals surface area contributed by atoms with E-state index in [-0.39, 0.29) is 11.9 Å². The number of carbonyl (C=O) groups excluding carboxylic acids is 1. The van der Waals surface area contributed by atoms with Crippen molar-refractivity contribution in [3.63, 3.8) is 0 Å². The first-order chi connectivity index (χ1) is 12.4. The Hall–Kier alpha value is -2.63. The molecule has 4 rings (SSSR count). The standard InChI is InChI=1S/C20H25N5O/c1-12-9-16-17(10-13(12)2)22-19(21-16)18-7-5-6-8-25(18)20(26)15-11-24(4)23-14(15)3/h9-11,18H,5-8H2,1-4H3,(H,21,22)/t18-/m1/s1. The largest absolute Gasteiger partial charge is 0.340 e. The van der Waals surface area contributed by atoms with E-state index in [0.717, 1.165) is 48.4 Å². The van der Waals surface area contributed by atoms with E-state index in [4.69, 9.17) is 4.98 Å². The molecule has 1 saturated heterocycles. The third-order valence-electron chi connectivity index (χ3n) is 5.44. The number of aromatic nitrogens is 4. The molecule has 26 heavy (non-hydrogen) atoms. The molecule has 1 fully saturated rings. The number of likely N-dealkylation sites (tertiary alicyclic amines) is 1. The van der Waals surface area contributed by atoms with Gasteiger partial charge in [0.1, 0.15) is 5.82 Å². The lowest BCUT2D eigenvalue weighted by molar-refractivity contribution is 0.0600. The molecule has 3 aromatic rings. The van der Waals surface area contributed by atoms with Crippen molar-refractivity contribution in [3.05, 3.63) is 46.5 Å². The molecular formula is C20H25N5O. The summed E-state index contributed by atoms with van der Waals surface area (Å²) in [5.41, 5.74) is 5.95. The second-order valence-corrected chi connectivity index (χ2v) is 7.39. The summed E-state index contributed by atoms with van der Waals surface area (Å²) < 4.78 is 1.70. The van der Waals surface area contributed by atoms with Gasteiger partial charge in [0.05, 0.1) is 28.3 Å². The number of aryl methyl sites for hydroxylation is 4. The number of benzene rings is 1. The summed E-state index contributed by atoms with van der Waals surface area (Å²) in [4.78, 5) is 23.4. The molecule has 0 saturated carbocycles. The maximum absolute atomic E-state index is 13.2. The zero-order chi connectivity index (χ0) is 18.4. The molecule has 1 aliphatic rings. The van der Waals surface area contributed by atoms with Crippen molar-refractivity contribution in [3.8, 4) is 0 Å². The molecule has 1 aliphatic heterocycles. The van der Waals surface area contributed by atoms with Crippen LogP contribution in [0.25, 0.3) is 11.0 Å². The Balaban J connectivity index is 1.71. The SMILES string of the molecule is Cc1cc2nc([C@H]3CCCCN3C(=O)c3cn(C)nc3C)[nH]c2cc1C. The van der Waals surface area contributed by atoms with Crippen LogP contribution in [0, 0.1) is 20.8 Å². The fraction of sp³-hybridized carbons (Fsp3) is 0.450. The van der Waals surface area contributed by atoms with Crippen LogP contribution in [-0.2, 0) is 7.05 Å². The summed E-state index contributed by atoms with van der Waals surface area (Å²) in [6.07, 6.45) is 4.88. The molecule has 136 valence electrons. The number of imidazole rings is 1. The van der Waals surface area contributed by atoms with Crippen molar-refractivity contribution in [2.45, 2.75) is 46.1 Å². The number of hydrogen-bond donors (Lipinski definition) is 1. The van der Waals surface area contributed by atoms with Crippen molar-refractivity contribution >= 4 is 16.9 Å². The fourth-order valence-corrected chi connectivity index (χ4v) is 3.87. The number of fused-ring (bicyclic) bond motifs is 1. The van der Waals surface area contributed by atoms with E-state index < -0.39 is 0 Å². The molecule has 1 aromatic carbocycles. The van der Waals surface area contributed by atoms with Gasteiger partial charge in [-0.05, 0) is 63.3 Å². The van der Waals surface area contributed by atoms with E-state index in [0.29, 0.717) is 5.56 Å². The lowest BCUT2D eigenvalue weighted by Crippen LogP contribution is -2.39. The summed E-state index contributed by atoms with van der Waals surface area (Å²) in [7, 11) is 1.85. The summed E-state index contributed by atoms with van der Waals surface area (Å²) >= 11 is 0. The van der Waals surface area contributed by atoms with E-state index in [2.05, 4.69) is 36.1 Å². The Labute approximate surface area is 153 Å². The van der Waals surface area contributed by atoms with Crippen LogP contribution in [-0.4, -0.2) is 37.1 Å². The molecule has 3 heterocycles. The molecule has 1 atom stereocenters. The summed E-state index contributed by atoms with van der Waals surface area (Å²) in [6, 6.07) is 4.25. The van der Waals surface area contributed by atoms with Crippen molar-refractivity contribution in [2.24, 2.45) is 7.05 Å². The maximum Gasteiger partial charge on any atom is 0.257 e. The molecule has 6 heteroatoms. The minimum atomic E-state index is -0.0103. The summed E-state index contributed by atoms with van der Waals surface area (Å²) in [6.45, 7) is 6.85. The number of nitrogens with zero attached hydrogens (tertiary/aromatic N) is 4. The third kappa shape index (κ3) is 2.79. The maximum atomic E-state index is 13.2. The highest BCUT2D eigenvalue weighted by Gasteiger charge is 2.32. The van der Waals surface area contributed by atoms with Crippen LogP contribution in [0.1, 0.15) is 58.3 Å². The average Bonchev–Trinajstić information content (AvgIpc) is 3.17. The lowest BCUT2D eigenvalue weighted by Gasteiger charge is -2.34. The monoisotopic (exact) mass is 351 g/mol. The fourth-order valence-electron chi connectivity index (χ4n) is 3.87. The summed E-state index contributed by atoms with van der Waals surface area (Å²) in [5.74, 6) is 0.938. The van der Waals surface area contributed by atoms with E-state index in [9.17, 15) is 4.79 Å². The molecule has 2 aromatic heterocycles. The average molecular weight is 351 g/mol. The number of H-pyrrole nitrogens is 1. The van der Waals surface area contributed by atoms with Crippen molar-refractivity contribution in [1.82, 2.24) is 24.6 Å². The number of carbonyl (C=O) groups is 1. The van der Waals surface area contributed by atoms with Gasteiger partial charge in [-0.2, -0.15) is 5.10 Å². The molecule has 6 nitrogen and oxygen atoms in total. The van der Waals surface area contributed by atoms with Crippen LogP contribution in [0.3, 0.4) is 0 Å². The zero-order valence-corrected chi connectivity index (χ0v) is 15.8. The number of hydrogen-bond acceptors (Lipinski definition) is 3. The quantitative estimate of drug-likeness (QED) is 0.767. The Morgan fingerprint density at radius 1 is 1.19 bits per heavy atom. The molecule has 0 bridgehead atoms. The van der Waals surface area contributed by atoms with Crippen LogP contribution < -0.4 is 0 Å². The number of rotatable bonds is 2. The lowest BCUT2D eigenvalue weighted by atomic mass is 10.0. The van der Waals surface area contributed by atoms with Crippen LogP contribution in [0.5, 0.6) is 0 Å². The smallest absolute Gasteiger partial charge is 0.257 e. The van der Waals surface area contributed by atoms with Gasteiger partial charge < -0.3 is 9.88 Å². The molecular weight excluding hydrogens is 326 g/mol. The molecule has 0 spiro atoms. The van der Waals surface area contributed by atoms with Gasteiger partial charge in [0, 0.05) is 19.8 Å². The molecule has 1 N–H and O–H groups in total. The highest BCUT2D eigenvalue weighted by atomic mass is 16.2. The first kappa shape index (κ1) is 16.8. The van der Waals surface area contributed by atoms with Gasteiger partial charge >= 0.3 is 0 Å². The minimum Gasteiger partial charge on any atom is -0.340 e. The predicted molar refractivity (Wildman–Crippen MR) is 101 cm³/mol. The molecule has 0 unspecified atom stereocenters. The highest BCUT2D eigenvalue weighted by Crippen LogP contribution is 2.32. The van der Waals surface area contributed by atoms with Gasteiger partial charge in [-0.15, -0.1) is 0 Å². The third-order valence-corrected chi connectivity index (χ3v) is 5.44. The number of aromatic amines is 1. The number of piperidine rings is 1. The van der Waals surface area contributed by atoms with Gasteiger partial charge in [-0.3, -0.25) is 9.48 Å². The number of nitrogens with one attached hydrogen (secondary N) is 1. The first-order valence-corrected chi connectivity index (χ1v) is 9.22. The Morgan fingerprint density at radius 2 is 1.96 bits per heavy atom. The highest BCUT2D eigenvalue weighted by molar-refractivity contribution is 5.95. The van der Waals surface area contributed by atoms with Crippen LogP contribution in [0.2, 0.25) is 0 Å². The summed E-state index contributed by atoms with van der Waals surface area (Å²) in [5, 5.41) is 4.32. The number of amides is 1. The van der Waals surface area contributed by atoms with Crippen LogP contribution >= 0.6 is 0 Å². The second-order valence-electron chi connectivity index (χ2n) is 7.39. The van der Waals surface area contributed by atoms with Gasteiger partial charge in [-0.1, -0.05) is 0 Å². The van der Waals surface area contributed by atoms with Crippen LogP contribution in [0.15, 0.2) is 18.3 Å². The predicted octanol–water partition coefficient (Wildman–Crippen LogP) is 3.59. The topological polar surface area (TPSA) is 66.8 Å². The van der Waals surface area contributed by atoms with Crippen LogP contribution in [0.4, 0.5) is 0 Å². The molecule has 0 aliphatic carbocycles. The van der Waals surface area contributed by atoms with Gasteiger partial charge in [0.2, 0.25) is 0 Å². The first-order valence-electron chi connectivity index (χ1n) is 9.22. The van der Waals surface area contributed by atoms with Crippen molar-refractivity contribution < 1.29 is 4.79 Å². The zero-order valence-electron chi connectivity index (χ0n) is 15.8. The second kappa shape index (κ2) is 6.27. The van der Waals surface area contributed by atoms with E-state index in [1.54, 1.807) is 4.68 Å². The normalized spacial score (nSPS) is 17.8. The Morgan fingerprint density at radius 3 is 2.69 bits per heavy atom. The van der Waals surface area contributed by atoms with E-state index in [1.807, 2.05) is 25.1 Å². The van der Waals surface area contributed by atoms with Gasteiger partial charge in [0.15, 0.2) is 0 Å². The van der Waals surface area contributed by atoms with Gasteiger partial charge in [-0.25, -0.2) is 4.98 Å². The molecule has 0 radical (unpaired) electrons. The molecule has 1 amide bonds. The minimum absolute atomic E-state index is 0.0103. The van der Waals surface area contributed by atoms with Crippen molar-refractivity contribution in [1.29, 1.82) is 0 Å².